The third kappa shape index (κ3) is 5.34. The monoisotopic (exact) mass is 357 g/mol. The molecule has 3 rings (SSSR count). The number of piperidine rings is 1. The minimum Gasteiger partial charge on any atom is -0.372 e. The molecule has 0 spiro atoms. The fraction of sp³-hybridized carbons (Fsp3) is 0.400. The number of carbonyl (C=O) groups is 1. The van der Waals surface area contributed by atoms with Gasteiger partial charge in [0.2, 0.25) is 5.91 Å². The predicted octanol–water partition coefficient (Wildman–Crippen LogP) is 3.15. The Balaban J connectivity index is 1.40. The van der Waals surface area contributed by atoms with E-state index in [0.717, 1.165) is 37.2 Å². The highest BCUT2D eigenvalue weighted by Crippen LogP contribution is 2.17. The Morgan fingerprint density at radius 2 is 2.12 bits per heavy atom. The Kier molecular flexibility index (Phi) is 6.30. The zero-order chi connectivity index (χ0) is 18.4. The maximum Gasteiger partial charge on any atom is 0.238 e. The van der Waals surface area contributed by atoms with E-state index in [1.165, 1.54) is 6.07 Å². The van der Waals surface area contributed by atoms with Crippen molar-refractivity contribution >= 4 is 11.6 Å². The van der Waals surface area contributed by atoms with Gasteiger partial charge in [-0.05, 0) is 49.6 Å². The molecule has 0 atom stereocenters. The van der Waals surface area contributed by atoms with Crippen LogP contribution in [0.2, 0.25) is 0 Å². The first-order chi connectivity index (χ1) is 12.6. The van der Waals surface area contributed by atoms with Crippen LogP contribution in [0.15, 0.2) is 42.6 Å². The molecule has 1 amide bonds. The third-order valence-corrected chi connectivity index (χ3v) is 4.49. The minimum atomic E-state index is -0.412. The zero-order valence-corrected chi connectivity index (χ0v) is 15.0. The molecule has 1 saturated heterocycles. The van der Waals surface area contributed by atoms with Gasteiger partial charge in [-0.15, -0.1) is 0 Å². The van der Waals surface area contributed by atoms with Crippen molar-refractivity contribution in [1.82, 2.24) is 9.88 Å². The topological polar surface area (TPSA) is 54.5 Å². The van der Waals surface area contributed by atoms with Gasteiger partial charge in [0.05, 0.1) is 30.6 Å². The van der Waals surface area contributed by atoms with Crippen LogP contribution in [0, 0.1) is 12.7 Å². The SMILES string of the molecule is Cc1ccc(F)c(NC(=O)CN2CCC(OCc3ccccn3)CC2)c1. The fourth-order valence-corrected chi connectivity index (χ4v) is 3.05. The van der Waals surface area contributed by atoms with E-state index in [1.54, 1.807) is 18.3 Å². The first kappa shape index (κ1) is 18.5. The first-order valence-electron chi connectivity index (χ1n) is 8.90. The number of rotatable bonds is 6. The zero-order valence-electron chi connectivity index (χ0n) is 15.0. The molecule has 2 heterocycles. The van der Waals surface area contributed by atoms with Gasteiger partial charge in [-0.3, -0.25) is 14.7 Å². The van der Waals surface area contributed by atoms with Gasteiger partial charge in [-0.2, -0.15) is 0 Å². The lowest BCUT2D eigenvalue weighted by Gasteiger charge is -2.31. The normalized spacial score (nSPS) is 15.8. The smallest absolute Gasteiger partial charge is 0.238 e. The molecule has 1 fully saturated rings. The molecule has 1 aromatic carbocycles. The molecule has 1 aliphatic rings. The number of ether oxygens (including phenoxy) is 1. The lowest BCUT2D eigenvalue weighted by atomic mass is 10.1. The summed E-state index contributed by atoms with van der Waals surface area (Å²) in [7, 11) is 0. The number of benzene rings is 1. The maximum atomic E-state index is 13.7. The van der Waals surface area contributed by atoms with Crippen molar-refractivity contribution in [2.75, 3.05) is 25.0 Å². The Hall–Kier alpha value is -2.31. The molecular formula is C20H24FN3O2. The summed E-state index contributed by atoms with van der Waals surface area (Å²) in [6, 6.07) is 10.5. The van der Waals surface area contributed by atoms with Crippen LogP contribution >= 0.6 is 0 Å². The summed E-state index contributed by atoms with van der Waals surface area (Å²) in [5, 5.41) is 2.66. The third-order valence-electron chi connectivity index (χ3n) is 4.49. The molecule has 0 aliphatic carbocycles. The number of aromatic nitrogens is 1. The van der Waals surface area contributed by atoms with E-state index in [2.05, 4.69) is 15.2 Å². The number of aryl methyl sites for hydroxylation is 1. The Labute approximate surface area is 153 Å². The van der Waals surface area contributed by atoms with Crippen LogP contribution in [0.25, 0.3) is 0 Å². The average molecular weight is 357 g/mol. The molecule has 1 aliphatic heterocycles. The van der Waals surface area contributed by atoms with Crippen molar-refractivity contribution in [2.24, 2.45) is 0 Å². The van der Waals surface area contributed by atoms with Gasteiger partial charge in [0.15, 0.2) is 0 Å². The number of anilines is 1. The van der Waals surface area contributed by atoms with Gasteiger partial charge in [-0.1, -0.05) is 12.1 Å². The largest absolute Gasteiger partial charge is 0.372 e. The van der Waals surface area contributed by atoms with Gasteiger partial charge < -0.3 is 10.1 Å². The van der Waals surface area contributed by atoms with E-state index in [9.17, 15) is 9.18 Å². The van der Waals surface area contributed by atoms with Gasteiger partial charge in [-0.25, -0.2) is 4.39 Å². The average Bonchev–Trinajstić information content (AvgIpc) is 2.65. The number of nitrogens with one attached hydrogen (secondary N) is 1. The summed E-state index contributed by atoms with van der Waals surface area (Å²) in [4.78, 5) is 18.5. The second kappa shape index (κ2) is 8.87. The molecule has 26 heavy (non-hydrogen) atoms. The quantitative estimate of drug-likeness (QED) is 0.863. The number of halogens is 1. The Bertz CT molecular complexity index is 731. The van der Waals surface area contributed by atoms with Crippen LogP contribution in [0.5, 0.6) is 0 Å². The number of likely N-dealkylation sites (tertiary alicyclic amines) is 1. The molecule has 1 N–H and O–H groups in total. The van der Waals surface area contributed by atoms with E-state index in [1.807, 2.05) is 25.1 Å². The molecule has 0 bridgehead atoms. The predicted molar refractivity (Wildman–Crippen MR) is 98.3 cm³/mol. The van der Waals surface area contributed by atoms with Gasteiger partial charge in [0.1, 0.15) is 5.82 Å². The van der Waals surface area contributed by atoms with Crippen LogP contribution in [0.4, 0.5) is 10.1 Å². The van der Waals surface area contributed by atoms with Crippen LogP contribution in [0.3, 0.4) is 0 Å². The van der Waals surface area contributed by atoms with E-state index < -0.39 is 5.82 Å². The van der Waals surface area contributed by atoms with Crippen molar-refractivity contribution < 1.29 is 13.9 Å². The van der Waals surface area contributed by atoms with Crippen LogP contribution in [-0.2, 0) is 16.1 Å². The van der Waals surface area contributed by atoms with Crippen LogP contribution < -0.4 is 5.32 Å². The van der Waals surface area contributed by atoms with Gasteiger partial charge in [0.25, 0.3) is 0 Å². The first-order valence-corrected chi connectivity index (χ1v) is 8.90. The molecule has 138 valence electrons. The fourth-order valence-electron chi connectivity index (χ4n) is 3.05. The number of hydrogen-bond donors (Lipinski definition) is 1. The van der Waals surface area contributed by atoms with Gasteiger partial charge >= 0.3 is 0 Å². The summed E-state index contributed by atoms with van der Waals surface area (Å²) < 4.78 is 19.6. The standard InChI is InChI=1S/C20H24FN3O2/c1-15-5-6-18(21)19(12-15)23-20(25)13-24-10-7-17(8-11-24)26-14-16-4-2-3-9-22-16/h2-6,9,12,17H,7-8,10-11,13-14H2,1H3,(H,23,25). The molecule has 1 aromatic heterocycles. The second-order valence-corrected chi connectivity index (χ2v) is 6.64. The van der Waals surface area contributed by atoms with Crippen molar-refractivity contribution in [1.29, 1.82) is 0 Å². The number of nitrogens with zero attached hydrogens (tertiary/aromatic N) is 2. The highest BCUT2D eigenvalue weighted by molar-refractivity contribution is 5.92. The molecular weight excluding hydrogens is 333 g/mol. The summed E-state index contributed by atoms with van der Waals surface area (Å²) in [5.41, 5.74) is 2.07. The van der Waals surface area contributed by atoms with Crippen molar-refractivity contribution in [2.45, 2.75) is 32.5 Å². The lowest BCUT2D eigenvalue weighted by molar-refractivity contribution is -0.118. The van der Waals surface area contributed by atoms with E-state index in [0.29, 0.717) is 6.61 Å². The maximum absolute atomic E-state index is 13.7. The molecule has 2 aromatic rings. The van der Waals surface area contributed by atoms with E-state index in [4.69, 9.17) is 4.74 Å². The van der Waals surface area contributed by atoms with E-state index >= 15 is 0 Å². The van der Waals surface area contributed by atoms with Crippen molar-refractivity contribution in [3.8, 4) is 0 Å². The second-order valence-electron chi connectivity index (χ2n) is 6.64. The van der Waals surface area contributed by atoms with Crippen LogP contribution in [-0.4, -0.2) is 41.5 Å². The summed E-state index contributed by atoms with van der Waals surface area (Å²) in [6.45, 7) is 4.22. The van der Waals surface area contributed by atoms with E-state index in [-0.39, 0.29) is 24.2 Å². The minimum absolute atomic E-state index is 0.186. The van der Waals surface area contributed by atoms with Gasteiger partial charge in [0, 0.05) is 19.3 Å². The highest BCUT2D eigenvalue weighted by atomic mass is 19.1. The van der Waals surface area contributed by atoms with Crippen molar-refractivity contribution in [3.05, 3.63) is 59.7 Å². The molecule has 0 unspecified atom stereocenters. The number of hydrogen-bond acceptors (Lipinski definition) is 4. The highest BCUT2D eigenvalue weighted by Gasteiger charge is 2.21. The molecule has 0 saturated carbocycles. The summed E-state index contributed by atoms with van der Waals surface area (Å²) in [5.74, 6) is -0.604. The van der Waals surface area contributed by atoms with Crippen molar-refractivity contribution in [3.63, 3.8) is 0 Å². The number of pyridine rings is 1. The molecule has 6 heteroatoms. The Morgan fingerprint density at radius 1 is 1.31 bits per heavy atom. The molecule has 0 radical (unpaired) electrons. The summed E-state index contributed by atoms with van der Waals surface area (Å²) in [6.07, 6.45) is 3.69. The van der Waals surface area contributed by atoms with Crippen LogP contribution in [0.1, 0.15) is 24.1 Å². The number of amides is 1. The Morgan fingerprint density at radius 3 is 2.85 bits per heavy atom. The summed E-state index contributed by atoms with van der Waals surface area (Å²) >= 11 is 0. The lowest BCUT2D eigenvalue weighted by Crippen LogP contribution is -2.41. The molecule has 5 nitrogen and oxygen atoms in total. The number of carbonyl (C=O) groups excluding carboxylic acids is 1.